The zero-order chi connectivity index (χ0) is 17.9. The molecule has 7 heteroatoms. The Balaban J connectivity index is 1.38. The molecule has 26 heavy (non-hydrogen) atoms. The Hall–Kier alpha value is -2.60. The summed E-state index contributed by atoms with van der Waals surface area (Å²) >= 11 is 5.78. The van der Waals surface area contributed by atoms with Crippen LogP contribution in [0.1, 0.15) is 18.7 Å². The van der Waals surface area contributed by atoms with E-state index in [-0.39, 0.29) is 6.03 Å². The fourth-order valence-electron chi connectivity index (χ4n) is 3.44. The fraction of sp³-hybridized carbons (Fsp3) is 0.316. The van der Waals surface area contributed by atoms with E-state index < -0.39 is 0 Å². The van der Waals surface area contributed by atoms with Gasteiger partial charge in [0.1, 0.15) is 11.0 Å². The summed E-state index contributed by atoms with van der Waals surface area (Å²) in [5.74, 6) is 1.39. The number of hydrogen-bond acceptors (Lipinski definition) is 3. The van der Waals surface area contributed by atoms with Gasteiger partial charge in [-0.25, -0.2) is 14.8 Å². The average Bonchev–Trinajstić information content (AvgIpc) is 3.06. The Morgan fingerprint density at radius 2 is 2.19 bits per heavy atom. The number of aromatic amines is 1. The van der Waals surface area contributed by atoms with Gasteiger partial charge in [0.25, 0.3) is 0 Å². The number of halogens is 1. The first kappa shape index (κ1) is 16.8. The summed E-state index contributed by atoms with van der Waals surface area (Å²) in [6, 6.07) is 11.4. The number of imidazole rings is 1. The standard InChI is InChI=1S/C19H20ClN5O/c20-17-8-7-14(11-21-17)22-19(26)25-9-3-4-13(12-25)10-18-23-15-5-1-2-6-16(15)24-18/h1-2,5-8,11,13H,3-4,9-10,12H2,(H,22,26)(H,23,24). The Labute approximate surface area is 156 Å². The first-order valence-corrected chi connectivity index (χ1v) is 9.16. The summed E-state index contributed by atoms with van der Waals surface area (Å²) in [7, 11) is 0. The predicted octanol–water partition coefficient (Wildman–Crippen LogP) is 4.10. The summed E-state index contributed by atoms with van der Waals surface area (Å²) < 4.78 is 0. The van der Waals surface area contributed by atoms with Crippen molar-refractivity contribution in [2.75, 3.05) is 18.4 Å². The Morgan fingerprint density at radius 1 is 1.31 bits per heavy atom. The van der Waals surface area contributed by atoms with Crippen LogP contribution in [0.4, 0.5) is 10.5 Å². The molecule has 0 spiro atoms. The number of para-hydroxylation sites is 2. The number of likely N-dealkylation sites (tertiary alicyclic amines) is 1. The second kappa shape index (κ2) is 7.33. The molecule has 134 valence electrons. The van der Waals surface area contributed by atoms with Crippen molar-refractivity contribution in [3.8, 4) is 0 Å². The molecule has 3 heterocycles. The van der Waals surface area contributed by atoms with Gasteiger partial charge < -0.3 is 15.2 Å². The van der Waals surface area contributed by atoms with Gasteiger partial charge in [-0.05, 0) is 43.0 Å². The minimum absolute atomic E-state index is 0.0940. The van der Waals surface area contributed by atoms with Crippen molar-refractivity contribution in [2.24, 2.45) is 5.92 Å². The molecule has 1 atom stereocenters. The smallest absolute Gasteiger partial charge is 0.321 e. The summed E-state index contributed by atoms with van der Waals surface area (Å²) in [6.07, 6.45) is 4.51. The first-order valence-electron chi connectivity index (χ1n) is 8.78. The predicted molar refractivity (Wildman–Crippen MR) is 102 cm³/mol. The molecule has 6 nitrogen and oxygen atoms in total. The molecule has 0 saturated carbocycles. The minimum atomic E-state index is -0.0940. The molecule has 1 fully saturated rings. The number of benzene rings is 1. The molecule has 2 N–H and O–H groups in total. The van der Waals surface area contributed by atoms with E-state index in [0.717, 1.165) is 49.2 Å². The number of nitrogens with zero attached hydrogens (tertiary/aromatic N) is 3. The van der Waals surface area contributed by atoms with E-state index in [9.17, 15) is 4.79 Å². The van der Waals surface area contributed by atoms with Crippen molar-refractivity contribution in [2.45, 2.75) is 19.3 Å². The van der Waals surface area contributed by atoms with E-state index in [4.69, 9.17) is 11.6 Å². The third-order valence-corrected chi connectivity index (χ3v) is 4.93. The highest BCUT2D eigenvalue weighted by molar-refractivity contribution is 6.29. The van der Waals surface area contributed by atoms with Crippen LogP contribution in [0.3, 0.4) is 0 Å². The highest BCUT2D eigenvalue weighted by Gasteiger charge is 2.24. The van der Waals surface area contributed by atoms with Crippen molar-refractivity contribution < 1.29 is 4.79 Å². The first-order chi connectivity index (χ1) is 12.7. The number of hydrogen-bond donors (Lipinski definition) is 2. The van der Waals surface area contributed by atoms with Gasteiger partial charge in [0.2, 0.25) is 0 Å². The zero-order valence-corrected chi connectivity index (χ0v) is 15.0. The van der Waals surface area contributed by atoms with Crippen LogP contribution in [0, 0.1) is 5.92 Å². The van der Waals surface area contributed by atoms with E-state index in [1.165, 1.54) is 0 Å². The number of pyridine rings is 1. The number of anilines is 1. The molecule has 1 saturated heterocycles. The average molecular weight is 370 g/mol. The van der Waals surface area contributed by atoms with Gasteiger partial charge in [0.05, 0.1) is 22.9 Å². The molecule has 4 rings (SSSR count). The lowest BCUT2D eigenvalue weighted by atomic mass is 9.95. The summed E-state index contributed by atoms with van der Waals surface area (Å²) in [5, 5.41) is 3.30. The number of carbonyl (C=O) groups excluding carboxylic acids is 1. The van der Waals surface area contributed by atoms with Crippen molar-refractivity contribution in [3.63, 3.8) is 0 Å². The largest absolute Gasteiger partial charge is 0.342 e. The van der Waals surface area contributed by atoms with Gasteiger partial charge >= 0.3 is 6.03 Å². The molecule has 0 aliphatic carbocycles. The maximum absolute atomic E-state index is 12.5. The van der Waals surface area contributed by atoms with E-state index in [2.05, 4.69) is 20.3 Å². The monoisotopic (exact) mass is 369 g/mol. The summed E-state index contributed by atoms with van der Waals surface area (Å²) in [6.45, 7) is 1.49. The van der Waals surface area contributed by atoms with Gasteiger partial charge in [-0.3, -0.25) is 0 Å². The zero-order valence-electron chi connectivity index (χ0n) is 14.3. The fourth-order valence-corrected chi connectivity index (χ4v) is 3.56. The topological polar surface area (TPSA) is 73.9 Å². The molecule has 2 amide bonds. The number of amides is 2. The second-order valence-electron chi connectivity index (χ2n) is 6.66. The number of carbonyl (C=O) groups is 1. The molecule has 1 aliphatic heterocycles. The quantitative estimate of drug-likeness (QED) is 0.682. The molecule has 0 radical (unpaired) electrons. The molecule has 1 aliphatic rings. The van der Waals surface area contributed by atoms with E-state index in [1.54, 1.807) is 18.3 Å². The van der Waals surface area contributed by atoms with Gasteiger partial charge in [-0.15, -0.1) is 0 Å². The van der Waals surface area contributed by atoms with Crippen LogP contribution in [-0.2, 0) is 6.42 Å². The number of piperidine rings is 1. The number of urea groups is 1. The van der Waals surface area contributed by atoms with Crippen molar-refractivity contribution >= 4 is 34.4 Å². The number of fused-ring (bicyclic) bond motifs is 1. The van der Waals surface area contributed by atoms with Crippen LogP contribution in [0.5, 0.6) is 0 Å². The van der Waals surface area contributed by atoms with Crippen LogP contribution >= 0.6 is 11.6 Å². The lowest BCUT2D eigenvalue weighted by molar-refractivity contribution is 0.176. The van der Waals surface area contributed by atoms with Crippen LogP contribution in [0.15, 0.2) is 42.6 Å². The highest BCUT2D eigenvalue weighted by Crippen LogP contribution is 2.22. The van der Waals surface area contributed by atoms with Gasteiger partial charge in [0, 0.05) is 19.5 Å². The molecule has 3 aromatic rings. The van der Waals surface area contributed by atoms with Crippen LogP contribution in [-0.4, -0.2) is 39.0 Å². The summed E-state index contributed by atoms with van der Waals surface area (Å²) in [4.78, 5) is 26.4. The van der Waals surface area contributed by atoms with E-state index in [0.29, 0.717) is 16.8 Å². The number of nitrogens with one attached hydrogen (secondary N) is 2. The lowest BCUT2D eigenvalue weighted by Gasteiger charge is -2.32. The van der Waals surface area contributed by atoms with Crippen molar-refractivity contribution in [1.29, 1.82) is 0 Å². The third-order valence-electron chi connectivity index (χ3n) is 4.71. The van der Waals surface area contributed by atoms with Crippen LogP contribution < -0.4 is 5.32 Å². The molecule has 2 aromatic heterocycles. The van der Waals surface area contributed by atoms with Gasteiger partial charge in [0.15, 0.2) is 0 Å². The molecule has 1 aromatic carbocycles. The normalized spacial score (nSPS) is 17.4. The lowest BCUT2D eigenvalue weighted by Crippen LogP contribution is -2.42. The van der Waals surface area contributed by atoms with E-state index >= 15 is 0 Å². The Morgan fingerprint density at radius 3 is 3.00 bits per heavy atom. The minimum Gasteiger partial charge on any atom is -0.342 e. The SMILES string of the molecule is O=C(Nc1ccc(Cl)nc1)N1CCCC(Cc2nc3ccccc3[nH]2)C1. The molecular weight excluding hydrogens is 350 g/mol. The van der Waals surface area contributed by atoms with E-state index in [1.807, 2.05) is 29.2 Å². The maximum Gasteiger partial charge on any atom is 0.321 e. The third kappa shape index (κ3) is 3.80. The Kier molecular flexibility index (Phi) is 4.75. The Bertz CT molecular complexity index is 875. The highest BCUT2D eigenvalue weighted by atomic mass is 35.5. The number of H-pyrrole nitrogens is 1. The van der Waals surface area contributed by atoms with Gasteiger partial charge in [-0.2, -0.15) is 0 Å². The summed E-state index contributed by atoms with van der Waals surface area (Å²) in [5.41, 5.74) is 2.70. The van der Waals surface area contributed by atoms with Gasteiger partial charge in [-0.1, -0.05) is 23.7 Å². The molecule has 1 unspecified atom stereocenters. The number of aromatic nitrogens is 3. The second-order valence-corrected chi connectivity index (χ2v) is 7.05. The molecule has 0 bridgehead atoms. The molecular formula is C19H20ClN5O. The number of rotatable bonds is 3. The maximum atomic E-state index is 12.5. The van der Waals surface area contributed by atoms with Crippen LogP contribution in [0.25, 0.3) is 11.0 Å². The van der Waals surface area contributed by atoms with Crippen molar-refractivity contribution in [3.05, 3.63) is 53.6 Å². The van der Waals surface area contributed by atoms with Crippen molar-refractivity contribution in [1.82, 2.24) is 19.9 Å². The van der Waals surface area contributed by atoms with Crippen LogP contribution in [0.2, 0.25) is 5.15 Å².